The summed E-state index contributed by atoms with van der Waals surface area (Å²) in [5.74, 6) is 1.23. The first-order valence-corrected chi connectivity index (χ1v) is 8.63. The van der Waals surface area contributed by atoms with E-state index in [1.807, 2.05) is 25.1 Å². The number of carbonyl (C=O) groups is 1. The van der Waals surface area contributed by atoms with Gasteiger partial charge in [0, 0.05) is 37.3 Å². The third kappa shape index (κ3) is 4.39. The summed E-state index contributed by atoms with van der Waals surface area (Å²) in [4.78, 5) is 16.3. The lowest BCUT2D eigenvalue weighted by Crippen LogP contribution is -2.44. The number of benzene rings is 1. The van der Waals surface area contributed by atoms with Crippen LogP contribution in [0.3, 0.4) is 0 Å². The number of aromatic nitrogens is 2. The second-order valence-corrected chi connectivity index (χ2v) is 6.70. The molecule has 0 radical (unpaired) electrons. The van der Waals surface area contributed by atoms with Crippen LogP contribution in [0.15, 0.2) is 36.4 Å². The molecule has 2 aromatic rings. The van der Waals surface area contributed by atoms with E-state index in [-0.39, 0.29) is 12.0 Å². The second-order valence-electron chi connectivity index (χ2n) is 6.27. The van der Waals surface area contributed by atoms with Crippen molar-refractivity contribution in [2.24, 2.45) is 0 Å². The molecule has 0 saturated carbocycles. The molecule has 1 atom stereocenters. The van der Waals surface area contributed by atoms with E-state index in [1.54, 1.807) is 35.2 Å². The zero-order valence-corrected chi connectivity index (χ0v) is 15.1. The Morgan fingerprint density at radius 2 is 2.12 bits per heavy atom. The van der Waals surface area contributed by atoms with E-state index in [0.29, 0.717) is 23.0 Å². The van der Waals surface area contributed by atoms with Gasteiger partial charge in [0.1, 0.15) is 6.10 Å². The highest BCUT2D eigenvalue weighted by Crippen LogP contribution is 2.20. The fourth-order valence-electron chi connectivity index (χ4n) is 2.81. The normalized spacial score (nSPS) is 17.2. The number of rotatable bonds is 4. The number of anilines is 1. The zero-order chi connectivity index (χ0) is 17.8. The van der Waals surface area contributed by atoms with Crippen molar-refractivity contribution in [1.82, 2.24) is 15.1 Å². The molecule has 1 aliphatic rings. The van der Waals surface area contributed by atoms with Gasteiger partial charge in [0.2, 0.25) is 5.88 Å². The van der Waals surface area contributed by atoms with Gasteiger partial charge in [-0.1, -0.05) is 17.7 Å². The summed E-state index contributed by atoms with van der Waals surface area (Å²) in [5, 5.41) is 8.77. The first-order valence-electron chi connectivity index (χ1n) is 8.25. The number of nitrogens with zero attached hydrogens (tertiary/aromatic N) is 4. The van der Waals surface area contributed by atoms with Crippen molar-refractivity contribution in [3.05, 3.63) is 47.0 Å². The predicted octanol–water partition coefficient (Wildman–Crippen LogP) is 2.88. The van der Waals surface area contributed by atoms with Crippen molar-refractivity contribution in [1.29, 1.82) is 0 Å². The summed E-state index contributed by atoms with van der Waals surface area (Å²) < 4.78 is 5.92. The van der Waals surface area contributed by atoms with Gasteiger partial charge in [-0.2, -0.15) is 0 Å². The average molecular weight is 361 g/mol. The number of halogens is 1. The minimum atomic E-state index is -0.0867. The van der Waals surface area contributed by atoms with E-state index in [9.17, 15) is 4.79 Å². The maximum atomic E-state index is 12.6. The van der Waals surface area contributed by atoms with Crippen LogP contribution in [-0.4, -0.2) is 54.3 Å². The van der Waals surface area contributed by atoms with E-state index in [0.717, 1.165) is 25.2 Å². The van der Waals surface area contributed by atoms with Gasteiger partial charge >= 0.3 is 0 Å². The Bertz CT molecular complexity index is 736. The molecule has 1 aromatic carbocycles. The lowest BCUT2D eigenvalue weighted by Gasteiger charge is -2.32. The summed E-state index contributed by atoms with van der Waals surface area (Å²) in [5.41, 5.74) is 0.600. The summed E-state index contributed by atoms with van der Waals surface area (Å²) in [6, 6.07) is 10.7. The van der Waals surface area contributed by atoms with Crippen LogP contribution in [0.2, 0.25) is 5.02 Å². The van der Waals surface area contributed by atoms with E-state index in [1.165, 1.54) is 0 Å². The minimum absolute atomic E-state index is 0.0233. The topological polar surface area (TPSA) is 58.6 Å². The van der Waals surface area contributed by atoms with Crippen LogP contribution in [0.25, 0.3) is 0 Å². The number of amides is 1. The minimum Gasteiger partial charge on any atom is -0.471 e. The van der Waals surface area contributed by atoms with Crippen molar-refractivity contribution in [2.45, 2.75) is 18.9 Å². The van der Waals surface area contributed by atoms with E-state index < -0.39 is 0 Å². The molecule has 2 heterocycles. The number of hydrogen-bond acceptors (Lipinski definition) is 5. The summed E-state index contributed by atoms with van der Waals surface area (Å²) in [7, 11) is 3.82. The molecule has 0 N–H and O–H groups in total. The van der Waals surface area contributed by atoms with Crippen LogP contribution < -0.4 is 9.64 Å². The van der Waals surface area contributed by atoms with Gasteiger partial charge < -0.3 is 14.5 Å². The highest BCUT2D eigenvalue weighted by molar-refractivity contribution is 6.30. The highest BCUT2D eigenvalue weighted by Gasteiger charge is 2.26. The molecular weight excluding hydrogens is 340 g/mol. The zero-order valence-electron chi connectivity index (χ0n) is 14.4. The van der Waals surface area contributed by atoms with Gasteiger partial charge in [-0.3, -0.25) is 4.79 Å². The van der Waals surface area contributed by atoms with Gasteiger partial charge in [-0.05, 0) is 37.1 Å². The molecule has 3 rings (SSSR count). The van der Waals surface area contributed by atoms with Crippen LogP contribution in [-0.2, 0) is 0 Å². The Morgan fingerprint density at radius 3 is 2.80 bits per heavy atom. The lowest BCUT2D eigenvalue weighted by atomic mass is 10.1. The number of piperidine rings is 1. The third-order valence-electron chi connectivity index (χ3n) is 4.11. The molecule has 0 bridgehead atoms. The summed E-state index contributed by atoms with van der Waals surface area (Å²) >= 11 is 5.98. The standard InChI is InChI=1S/C18H21ClN4O2/c1-22(2)16-8-9-17(21-20-16)25-15-7-4-10-23(12-15)18(24)13-5-3-6-14(19)11-13/h3,5-6,8-9,11,15H,4,7,10,12H2,1-2H3. The Morgan fingerprint density at radius 1 is 1.28 bits per heavy atom. The largest absolute Gasteiger partial charge is 0.471 e. The van der Waals surface area contributed by atoms with E-state index in [2.05, 4.69) is 10.2 Å². The van der Waals surface area contributed by atoms with Crippen LogP contribution >= 0.6 is 11.6 Å². The monoisotopic (exact) mass is 360 g/mol. The van der Waals surface area contributed by atoms with Gasteiger partial charge in [-0.25, -0.2) is 0 Å². The molecule has 1 saturated heterocycles. The van der Waals surface area contributed by atoms with Crippen molar-refractivity contribution >= 4 is 23.3 Å². The maximum Gasteiger partial charge on any atom is 0.254 e. The van der Waals surface area contributed by atoms with Crippen molar-refractivity contribution in [3.8, 4) is 5.88 Å². The fourth-order valence-corrected chi connectivity index (χ4v) is 3.00. The fraction of sp³-hybridized carbons (Fsp3) is 0.389. The molecule has 7 heteroatoms. The molecule has 1 fully saturated rings. The maximum absolute atomic E-state index is 12.6. The summed E-state index contributed by atoms with van der Waals surface area (Å²) in [6.07, 6.45) is 1.69. The van der Waals surface area contributed by atoms with E-state index in [4.69, 9.17) is 16.3 Å². The van der Waals surface area contributed by atoms with Crippen LogP contribution in [0.5, 0.6) is 5.88 Å². The molecule has 0 spiro atoms. The van der Waals surface area contributed by atoms with Gasteiger partial charge in [0.05, 0.1) is 6.54 Å². The Hall–Kier alpha value is -2.34. The highest BCUT2D eigenvalue weighted by atomic mass is 35.5. The smallest absolute Gasteiger partial charge is 0.254 e. The molecule has 1 aromatic heterocycles. The lowest BCUT2D eigenvalue weighted by molar-refractivity contribution is 0.0525. The molecule has 0 aliphatic carbocycles. The predicted molar refractivity (Wildman–Crippen MR) is 97.4 cm³/mol. The van der Waals surface area contributed by atoms with E-state index >= 15 is 0 Å². The second kappa shape index (κ2) is 7.70. The Balaban J connectivity index is 1.63. The number of carbonyl (C=O) groups excluding carboxylic acids is 1. The molecule has 132 valence electrons. The Labute approximate surface area is 152 Å². The SMILES string of the molecule is CN(C)c1ccc(OC2CCCN(C(=O)c3cccc(Cl)c3)C2)nn1. The van der Waals surface area contributed by atoms with Crippen LogP contribution in [0.1, 0.15) is 23.2 Å². The molecule has 1 amide bonds. The van der Waals surface area contributed by atoms with Crippen molar-refractivity contribution < 1.29 is 9.53 Å². The van der Waals surface area contributed by atoms with Crippen LogP contribution in [0, 0.1) is 0 Å². The molecule has 25 heavy (non-hydrogen) atoms. The Kier molecular flexibility index (Phi) is 5.38. The summed E-state index contributed by atoms with van der Waals surface area (Å²) in [6.45, 7) is 1.25. The molecule has 1 unspecified atom stereocenters. The van der Waals surface area contributed by atoms with Gasteiger partial charge in [0.15, 0.2) is 5.82 Å². The molecule has 6 nitrogen and oxygen atoms in total. The van der Waals surface area contributed by atoms with Gasteiger partial charge in [-0.15, -0.1) is 10.2 Å². The first kappa shape index (κ1) is 17.5. The quantitative estimate of drug-likeness (QED) is 0.839. The van der Waals surface area contributed by atoms with Gasteiger partial charge in [0.25, 0.3) is 5.91 Å². The molecular formula is C18H21ClN4O2. The van der Waals surface area contributed by atoms with Crippen LogP contribution in [0.4, 0.5) is 5.82 Å². The van der Waals surface area contributed by atoms with Crippen molar-refractivity contribution in [3.63, 3.8) is 0 Å². The first-order chi connectivity index (χ1) is 12.0. The molecule has 1 aliphatic heterocycles. The third-order valence-corrected chi connectivity index (χ3v) is 4.34. The average Bonchev–Trinajstić information content (AvgIpc) is 2.62. The van der Waals surface area contributed by atoms with Crippen molar-refractivity contribution in [2.75, 3.05) is 32.1 Å². The number of ether oxygens (including phenoxy) is 1. The number of hydrogen-bond donors (Lipinski definition) is 0. The number of likely N-dealkylation sites (tertiary alicyclic amines) is 1.